The van der Waals surface area contributed by atoms with Gasteiger partial charge in [0, 0.05) is 4.32 Å². The Bertz CT molecular complexity index is 42.6. The maximum absolute atomic E-state index is 3.51. The molecule has 0 fully saturated rings. The highest BCUT2D eigenvalue weighted by molar-refractivity contribution is 9.10. The van der Waals surface area contributed by atoms with Crippen LogP contribution < -0.4 is 0 Å². The predicted molar refractivity (Wildman–Crippen MR) is 37.6 cm³/mol. The van der Waals surface area contributed by atoms with Gasteiger partial charge in [0.25, 0.3) is 0 Å². The Hall–Kier alpha value is 0.480. The Kier molecular flexibility index (Phi) is 2.89. The SMILES string of the molecule is C[CH]CC(C)(C)Br. The van der Waals surface area contributed by atoms with Crippen LogP contribution in [0.15, 0.2) is 0 Å². The topological polar surface area (TPSA) is 0 Å². The van der Waals surface area contributed by atoms with E-state index in [1.165, 1.54) is 0 Å². The van der Waals surface area contributed by atoms with Crippen molar-refractivity contribution in [2.75, 3.05) is 0 Å². The van der Waals surface area contributed by atoms with E-state index in [2.05, 4.69) is 43.1 Å². The Morgan fingerprint density at radius 2 is 2.00 bits per heavy atom. The Labute approximate surface area is 54.4 Å². The van der Waals surface area contributed by atoms with Gasteiger partial charge < -0.3 is 0 Å². The number of halogens is 1. The summed E-state index contributed by atoms with van der Waals surface area (Å²) in [4.78, 5) is 0. The molecule has 0 heterocycles. The summed E-state index contributed by atoms with van der Waals surface area (Å²) in [5.74, 6) is 0. The van der Waals surface area contributed by atoms with Crippen molar-refractivity contribution < 1.29 is 0 Å². The molecule has 0 unspecified atom stereocenters. The summed E-state index contributed by atoms with van der Waals surface area (Å²) >= 11 is 3.51. The fourth-order valence-corrected chi connectivity index (χ4v) is 0.809. The van der Waals surface area contributed by atoms with Gasteiger partial charge in [-0.25, -0.2) is 0 Å². The highest BCUT2D eigenvalue weighted by Gasteiger charge is 2.08. The van der Waals surface area contributed by atoms with Crippen LogP contribution in [0, 0.1) is 6.42 Å². The molecule has 1 radical (unpaired) electrons. The minimum Gasteiger partial charge on any atom is -0.0859 e. The van der Waals surface area contributed by atoms with Crippen molar-refractivity contribution in [3.8, 4) is 0 Å². The van der Waals surface area contributed by atoms with Gasteiger partial charge in [-0.2, -0.15) is 0 Å². The van der Waals surface area contributed by atoms with E-state index >= 15 is 0 Å². The minimum absolute atomic E-state index is 0.307. The molecular formula is C6H12Br. The Morgan fingerprint density at radius 1 is 1.57 bits per heavy atom. The zero-order valence-corrected chi connectivity index (χ0v) is 6.75. The molecule has 0 aromatic rings. The lowest BCUT2D eigenvalue weighted by molar-refractivity contribution is 0.714. The lowest BCUT2D eigenvalue weighted by Gasteiger charge is -2.12. The van der Waals surface area contributed by atoms with E-state index in [4.69, 9.17) is 0 Å². The molecule has 0 saturated carbocycles. The molecule has 0 aromatic carbocycles. The average Bonchev–Trinajstić information content (AvgIpc) is 1.30. The highest BCUT2D eigenvalue weighted by atomic mass is 79.9. The van der Waals surface area contributed by atoms with Crippen LogP contribution in [0.1, 0.15) is 27.2 Å². The van der Waals surface area contributed by atoms with Crippen LogP contribution in [0.5, 0.6) is 0 Å². The second-order valence-corrected chi connectivity index (χ2v) is 4.48. The van der Waals surface area contributed by atoms with Gasteiger partial charge in [-0.3, -0.25) is 0 Å². The second-order valence-electron chi connectivity index (χ2n) is 2.33. The molecule has 0 aliphatic carbocycles. The Morgan fingerprint density at radius 3 is 2.00 bits per heavy atom. The van der Waals surface area contributed by atoms with Crippen LogP contribution in [-0.4, -0.2) is 4.32 Å². The van der Waals surface area contributed by atoms with Crippen molar-refractivity contribution in [3.63, 3.8) is 0 Å². The molecule has 0 spiro atoms. The summed E-state index contributed by atoms with van der Waals surface area (Å²) in [6, 6.07) is 0. The van der Waals surface area contributed by atoms with E-state index in [0.29, 0.717) is 4.32 Å². The molecule has 0 saturated heterocycles. The van der Waals surface area contributed by atoms with Gasteiger partial charge in [-0.1, -0.05) is 36.7 Å². The summed E-state index contributed by atoms with van der Waals surface area (Å²) in [6.07, 6.45) is 3.29. The largest absolute Gasteiger partial charge is 0.0859 e. The summed E-state index contributed by atoms with van der Waals surface area (Å²) in [5, 5.41) is 0. The minimum atomic E-state index is 0.307. The van der Waals surface area contributed by atoms with E-state index in [1.807, 2.05) is 0 Å². The standard InChI is InChI=1S/C6H12Br/c1-4-5-6(2,3)7/h4H,5H2,1-3H3. The number of rotatable bonds is 2. The van der Waals surface area contributed by atoms with E-state index < -0.39 is 0 Å². The molecule has 0 rings (SSSR count). The first-order valence-electron chi connectivity index (χ1n) is 2.53. The van der Waals surface area contributed by atoms with Crippen LogP contribution in [0.3, 0.4) is 0 Å². The van der Waals surface area contributed by atoms with Crippen molar-refractivity contribution >= 4 is 15.9 Å². The van der Waals surface area contributed by atoms with Crippen molar-refractivity contribution in [1.29, 1.82) is 0 Å². The molecule has 1 heteroatoms. The smallest absolute Gasteiger partial charge is 0.0204 e. The molecule has 0 amide bonds. The van der Waals surface area contributed by atoms with Crippen LogP contribution in [0.2, 0.25) is 0 Å². The molecule has 0 atom stereocenters. The second kappa shape index (κ2) is 2.71. The van der Waals surface area contributed by atoms with Crippen LogP contribution in [0.4, 0.5) is 0 Å². The zero-order valence-electron chi connectivity index (χ0n) is 5.16. The molecule has 0 aromatic heterocycles. The number of hydrogen-bond acceptors (Lipinski definition) is 0. The van der Waals surface area contributed by atoms with Crippen molar-refractivity contribution in [3.05, 3.63) is 6.42 Å². The van der Waals surface area contributed by atoms with Gasteiger partial charge in [-0.15, -0.1) is 0 Å². The lowest BCUT2D eigenvalue weighted by atomic mass is 10.1. The predicted octanol–water partition coefficient (Wildman–Crippen LogP) is 2.77. The van der Waals surface area contributed by atoms with Crippen molar-refractivity contribution in [2.24, 2.45) is 0 Å². The normalized spacial score (nSPS) is 12.0. The fourth-order valence-electron chi connectivity index (χ4n) is 0.485. The third kappa shape index (κ3) is 6.48. The van der Waals surface area contributed by atoms with E-state index in [9.17, 15) is 0 Å². The maximum Gasteiger partial charge on any atom is 0.0204 e. The molecule has 0 N–H and O–H groups in total. The molecule has 0 nitrogen and oxygen atoms in total. The average molecular weight is 164 g/mol. The summed E-state index contributed by atoms with van der Waals surface area (Å²) < 4.78 is 0.307. The lowest BCUT2D eigenvalue weighted by Crippen LogP contribution is -2.07. The monoisotopic (exact) mass is 163 g/mol. The molecule has 0 bridgehead atoms. The summed E-state index contributed by atoms with van der Waals surface area (Å²) in [5.41, 5.74) is 0. The fraction of sp³-hybridized carbons (Fsp3) is 0.833. The summed E-state index contributed by atoms with van der Waals surface area (Å²) in [7, 11) is 0. The van der Waals surface area contributed by atoms with Gasteiger partial charge in [0.15, 0.2) is 0 Å². The zero-order chi connectivity index (χ0) is 5.91. The highest BCUT2D eigenvalue weighted by Crippen LogP contribution is 2.20. The first-order chi connectivity index (χ1) is 3.06. The van der Waals surface area contributed by atoms with Gasteiger partial charge in [0.1, 0.15) is 0 Å². The summed E-state index contributed by atoms with van der Waals surface area (Å²) in [6.45, 7) is 6.39. The van der Waals surface area contributed by atoms with Crippen molar-refractivity contribution in [1.82, 2.24) is 0 Å². The molecule has 0 aliphatic rings. The van der Waals surface area contributed by atoms with E-state index in [0.717, 1.165) is 6.42 Å². The van der Waals surface area contributed by atoms with Crippen LogP contribution in [0.25, 0.3) is 0 Å². The van der Waals surface area contributed by atoms with Gasteiger partial charge in [-0.05, 0) is 12.8 Å². The molecular weight excluding hydrogens is 152 g/mol. The number of hydrogen-bond donors (Lipinski definition) is 0. The number of alkyl halides is 1. The van der Waals surface area contributed by atoms with Crippen molar-refractivity contribution in [2.45, 2.75) is 31.5 Å². The van der Waals surface area contributed by atoms with Crippen LogP contribution in [-0.2, 0) is 0 Å². The third-order valence-electron chi connectivity index (χ3n) is 0.690. The van der Waals surface area contributed by atoms with Gasteiger partial charge in [0.2, 0.25) is 0 Å². The van der Waals surface area contributed by atoms with Gasteiger partial charge in [0.05, 0.1) is 0 Å². The molecule has 43 valence electrons. The third-order valence-corrected chi connectivity index (χ3v) is 1.01. The first-order valence-corrected chi connectivity index (χ1v) is 3.32. The van der Waals surface area contributed by atoms with E-state index in [-0.39, 0.29) is 0 Å². The maximum atomic E-state index is 3.51. The van der Waals surface area contributed by atoms with E-state index in [1.54, 1.807) is 0 Å². The van der Waals surface area contributed by atoms with Crippen LogP contribution >= 0.6 is 15.9 Å². The molecule has 7 heavy (non-hydrogen) atoms. The first kappa shape index (κ1) is 7.48. The molecule has 0 aliphatic heterocycles. The quantitative estimate of drug-likeness (QED) is 0.550. The Balaban J connectivity index is 3.15. The van der Waals surface area contributed by atoms with Gasteiger partial charge >= 0.3 is 0 Å².